The fourth-order valence-electron chi connectivity index (χ4n) is 0.632. The molecule has 0 aliphatic carbocycles. The molecule has 2 N–H and O–H groups in total. The van der Waals surface area contributed by atoms with E-state index in [0.717, 1.165) is 17.4 Å². The number of hydrogen-bond donors (Lipinski definition) is 1. The third kappa shape index (κ3) is 1.13. The zero-order valence-electron chi connectivity index (χ0n) is 4.35. The molecule has 1 unspecified atom stereocenters. The largest absolute Gasteiger partial charge is 0.402 e. The highest BCUT2D eigenvalue weighted by Crippen LogP contribution is 2.25. The van der Waals surface area contributed by atoms with Crippen LogP contribution in [0.3, 0.4) is 0 Å². The summed E-state index contributed by atoms with van der Waals surface area (Å²) in [6.07, 6.45) is 1.07. The van der Waals surface area contributed by atoms with Crippen molar-refractivity contribution in [1.82, 2.24) is 0 Å². The Kier molecular flexibility index (Phi) is 1.28. The molecule has 0 fully saturated rings. The summed E-state index contributed by atoms with van der Waals surface area (Å²) in [6, 6.07) is 0. The molecule has 0 aromatic carbocycles. The molecule has 0 bridgehead atoms. The molecule has 7 heavy (non-hydrogen) atoms. The van der Waals surface area contributed by atoms with E-state index in [-0.39, 0.29) is 0 Å². The Labute approximate surface area is 48.0 Å². The molecule has 0 saturated carbocycles. The number of hydrogen-bond acceptors (Lipinski definition) is 2. The molecule has 0 spiro atoms. The summed E-state index contributed by atoms with van der Waals surface area (Å²) in [4.78, 5) is 0. The molecule has 0 amide bonds. The smallest absolute Gasteiger partial charge is 0.0156 e. The minimum Gasteiger partial charge on any atom is -0.402 e. The van der Waals surface area contributed by atoms with Gasteiger partial charge in [-0.2, -0.15) is 0 Å². The first kappa shape index (κ1) is 5.04. The Morgan fingerprint density at radius 2 is 2.71 bits per heavy atom. The quantitative estimate of drug-likeness (QED) is 0.515. The Balaban J connectivity index is 2.42. The fraction of sp³-hybridized carbons (Fsp3) is 0.600. The van der Waals surface area contributed by atoms with Gasteiger partial charge in [-0.1, -0.05) is 6.92 Å². The van der Waals surface area contributed by atoms with Gasteiger partial charge in [0, 0.05) is 10.9 Å². The van der Waals surface area contributed by atoms with E-state index in [2.05, 4.69) is 6.92 Å². The Bertz CT molecular complexity index is 98.3. The lowest BCUT2D eigenvalue weighted by Crippen LogP contribution is -1.96. The molecule has 1 aliphatic heterocycles. The molecular weight excluding hydrogens is 106 g/mol. The first-order chi connectivity index (χ1) is 3.29. The van der Waals surface area contributed by atoms with Crippen LogP contribution in [0.4, 0.5) is 0 Å². The molecule has 1 aliphatic rings. The van der Waals surface area contributed by atoms with E-state index in [1.54, 1.807) is 0 Å². The van der Waals surface area contributed by atoms with Crippen LogP contribution in [0.15, 0.2) is 11.1 Å². The molecule has 1 atom stereocenters. The van der Waals surface area contributed by atoms with Crippen LogP contribution in [-0.4, -0.2) is 5.25 Å². The van der Waals surface area contributed by atoms with Gasteiger partial charge in [-0.05, 0) is 11.8 Å². The van der Waals surface area contributed by atoms with E-state index < -0.39 is 0 Å². The van der Waals surface area contributed by atoms with Gasteiger partial charge in [0.1, 0.15) is 0 Å². The van der Waals surface area contributed by atoms with Crippen LogP contribution < -0.4 is 5.73 Å². The van der Waals surface area contributed by atoms with Gasteiger partial charge in [0.15, 0.2) is 0 Å². The average molecular weight is 115 g/mol. The predicted molar refractivity (Wildman–Crippen MR) is 33.9 cm³/mol. The monoisotopic (exact) mass is 115 g/mol. The second-order valence-electron chi connectivity index (χ2n) is 1.84. The molecule has 2 heteroatoms. The van der Waals surface area contributed by atoms with Crippen molar-refractivity contribution in [1.29, 1.82) is 0 Å². The zero-order valence-corrected chi connectivity index (χ0v) is 5.16. The highest BCUT2D eigenvalue weighted by atomic mass is 32.2. The highest BCUT2D eigenvalue weighted by molar-refractivity contribution is 8.03. The topological polar surface area (TPSA) is 26.0 Å². The normalized spacial score (nSPS) is 30.4. The van der Waals surface area contributed by atoms with E-state index in [0.29, 0.717) is 0 Å². The summed E-state index contributed by atoms with van der Waals surface area (Å²) in [6.45, 7) is 2.18. The highest BCUT2D eigenvalue weighted by Gasteiger charge is 2.08. The molecular formula is C5H9NS. The van der Waals surface area contributed by atoms with Gasteiger partial charge in [0.2, 0.25) is 0 Å². The summed E-state index contributed by atoms with van der Waals surface area (Å²) in [5.74, 6) is 0. The third-order valence-corrected chi connectivity index (χ3v) is 2.04. The van der Waals surface area contributed by atoms with E-state index >= 15 is 0 Å². The van der Waals surface area contributed by atoms with Crippen molar-refractivity contribution in [3.63, 3.8) is 0 Å². The Hall–Kier alpha value is -0.110. The number of nitrogens with two attached hydrogens (primary N) is 1. The second-order valence-corrected chi connectivity index (χ2v) is 3.16. The maximum atomic E-state index is 5.47. The van der Waals surface area contributed by atoms with Crippen molar-refractivity contribution in [2.75, 3.05) is 0 Å². The number of thioether (sulfide) groups is 1. The summed E-state index contributed by atoms with van der Waals surface area (Å²) in [7, 11) is 0. The lowest BCUT2D eigenvalue weighted by atomic mass is 10.3. The fourth-order valence-corrected chi connectivity index (χ4v) is 1.42. The lowest BCUT2D eigenvalue weighted by Gasteiger charge is -1.94. The molecule has 40 valence electrons. The predicted octanol–water partition coefficient (Wildman–Crippen LogP) is 1.31. The maximum absolute atomic E-state index is 5.47. The first-order valence-electron chi connectivity index (χ1n) is 2.39. The summed E-state index contributed by atoms with van der Waals surface area (Å²) < 4.78 is 0. The number of rotatable bonds is 0. The van der Waals surface area contributed by atoms with Gasteiger partial charge in [-0.15, -0.1) is 11.8 Å². The molecule has 1 rings (SSSR count). The molecule has 0 aromatic heterocycles. The van der Waals surface area contributed by atoms with Crippen molar-refractivity contribution in [3.8, 4) is 0 Å². The van der Waals surface area contributed by atoms with Crippen LogP contribution in [-0.2, 0) is 0 Å². The van der Waals surface area contributed by atoms with Gasteiger partial charge < -0.3 is 5.73 Å². The molecule has 0 saturated heterocycles. The second kappa shape index (κ2) is 1.78. The summed E-state index contributed by atoms with van der Waals surface area (Å²) in [5, 5.41) is 2.75. The maximum Gasteiger partial charge on any atom is 0.0156 e. The van der Waals surface area contributed by atoms with Crippen molar-refractivity contribution >= 4 is 11.8 Å². The minimum atomic E-state index is 0.722. The van der Waals surface area contributed by atoms with Gasteiger partial charge in [0.05, 0.1) is 0 Å². The van der Waals surface area contributed by atoms with Crippen LogP contribution in [0.5, 0.6) is 0 Å². The van der Waals surface area contributed by atoms with Crippen LogP contribution in [0.25, 0.3) is 0 Å². The third-order valence-electron chi connectivity index (χ3n) is 0.975. The SMILES string of the molecule is CC1CC(N)=CS1. The molecule has 1 nitrogen and oxygen atoms in total. The molecule has 0 aromatic rings. The zero-order chi connectivity index (χ0) is 5.28. The van der Waals surface area contributed by atoms with Crippen molar-refractivity contribution in [2.24, 2.45) is 5.73 Å². The lowest BCUT2D eigenvalue weighted by molar-refractivity contribution is 0.936. The van der Waals surface area contributed by atoms with E-state index in [9.17, 15) is 0 Å². The van der Waals surface area contributed by atoms with E-state index in [4.69, 9.17) is 5.73 Å². The van der Waals surface area contributed by atoms with Crippen molar-refractivity contribution in [2.45, 2.75) is 18.6 Å². The van der Waals surface area contributed by atoms with Gasteiger partial charge in [-0.25, -0.2) is 0 Å². The standard InChI is InChI=1S/C5H9NS/c1-4-2-5(6)3-7-4/h3-4H,2,6H2,1H3. The molecule has 0 radical (unpaired) electrons. The van der Waals surface area contributed by atoms with Crippen LogP contribution >= 0.6 is 11.8 Å². The number of allylic oxidation sites excluding steroid dienone is 1. The van der Waals surface area contributed by atoms with Crippen molar-refractivity contribution < 1.29 is 0 Å². The van der Waals surface area contributed by atoms with E-state index in [1.807, 2.05) is 17.2 Å². The van der Waals surface area contributed by atoms with Crippen LogP contribution in [0.1, 0.15) is 13.3 Å². The molecule has 1 heterocycles. The van der Waals surface area contributed by atoms with E-state index in [1.165, 1.54) is 0 Å². The summed E-state index contributed by atoms with van der Waals surface area (Å²) in [5.41, 5.74) is 6.50. The minimum absolute atomic E-state index is 0.722. The Morgan fingerprint density at radius 1 is 2.00 bits per heavy atom. The average Bonchev–Trinajstić information content (AvgIpc) is 1.87. The van der Waals surface area contributed by atoms with Crippen LogP contribution in [0.2, 0.25) is 0 Å². The van der Waals surface area contributed by atoms with Gasteiger partial charge in [-0.3, -0.25) is 0 Å². The van der Waals surface area contributed by atoms with Gasteiger partial charge in [0.25, 0.3) is 0 Å². The Morgan fingerprint density at radius 3 is 2.86 bits per heavy atom. The van der Waals surface area contributed by atoms with Crippen molar-refractivity contribution in [3.05, 3.63) is 11.1 Å². The van der Waals surface area contributed by atoms with Gasteiger partial charge >= 0.3 is 0 Å². The summed E-state index contributed by atoms with van der Waals surface area (Å²) >= 11 is 1.82. The first-order valence-corrected chi connectivity index (χ1v) is 3.33. The van der Waals surface area contributed by atoms with Crippen LogP contribution in [0, 0.1) is 0 Å².